The van der Waals surface area contributed by atoms with Crippen LogP contribution >= 0.6 is 0 Å². The van der Waals surface area contributed by atoms with Gasteiger partial charge in [-0.15, -0.1) is 10.2 Å². The van der Waals surface area contributed by atoms with Crippen molar-refractivity contribution in [3.63, 3.8) is 0 Å². The average Bonchev–Trinajstić information content (AvgIpc) is 2.83. The summed E-state index contributed by atoms with van der Waals surface area (Å²) in [6.07, 6.45) is 4.26. The van der Waals surface area contributed by atoms with Gasteiger partial charge in [0.25, 0.3) is 0 Å². The highest BCUT2D eigenvalue weighted by molar-refractivity contribution is 5.53. The van der Waals surface area contributed by atoms with Crippen molar-refractivity contribution in [3.8, 4) is 5.75 Å². The molecule has 90 valence electrons. The molecule has 0 aliphatic carbocycles. The molecule has 0 radical (unpaired) electrons. The molecule has 1 N–H and O–H groups in total. The molecule has 5 nitrogen and oxygen atoms in total. The normalized spacial score (nSPS) is 17.5. The van der Waals surface area contributed by atoms with Gasteiger partial charge in [-0.2, -0.15) is 0 Å². The van der Waals surface area contributed by atoms with E-state index in [2.05, 4.69) is 19.9 Å². The maximum Gasteiger partial charge on any atom is 0.203 e. The summed E-state index contributed by atoms with van der Waals surface area (Å²) in [5.74, 6) is 2.33. The first-order chi connectivity index (χ1) is 8.40. The van der Waals surface area contributed by atoms with Gasteiger partial charge in [-0.25, -0.2) is 0 Å². The zero-order valence-electron chi connectivity index (χ0n) is 9.89. The topological polar surface area (TPSA) is 51.5 Å². The fourth-order valence-corrected chi connectivity index (χ4v) is 2.43. The SMILES string of the molecule is COc1cccn2c(C3CCNCC3)nnc12. The van der Waals surface area contributed by atoms with Gasteiger partial charge in [0.05, 0.1) is 7.11 Å². The number of ether oxygens (including phenoxy) is 1. The van der Waals surface area contributed by atoms with Crippen molar-refractivity contribution in [3.05, 3.63) is 24.2 Å². The molecule has 0 saturated carbocycles. The molecule has 0 bridgehead atoms. The number of pyridine rings is 1. The maximum absolute atomic E-state index is 5.29. The molecule has 0 amide bonds. The van der Waals surface area contributed by atoms with Crippen LogP contribution in [0.1, 0.15) is 24.6 Å². The van der Waals surface area contributed by atoms with Crippen LogP contribution in [-0.2, 0) is 0 Å². The van der Waals surface area contributed by atoms with E-state index in [4.69, 9.17) is 4.74 Å². The number of rotatable bonds is 2. The lowest BCUT2D eigenvalue weighted by Crippen LogP contribution is -2.27. The van der Waals surface area contributed by atoms with Gasteiger partial charge in [0.15, 0.2) is 5.75 Å². The van der Waals surface area contributed by atoms with Crippen molar-refractivity contribution in [2.24, 2.45) is 0 Å². The Balaban J connectivity index is 2.05. The van der Waals surface area contributed by atoms with E-state index in [0.29, 0.717) is 5.92 Å². The minimum Gasteiger partial charge on any atom is -0.493 e. The Bertz CT molecular complexity index is 516. The van der Waals surface area contributed by atoms with Crippen LogP contribution < -0.4 is 10.1 Å². The van der Waals surface area contributed by atoms with E-state index in [1.807, 2.05) is 18.3 Å². The zero-order chi connectivity index (χ0) is 11.7. The van der Waals surface area contributed by atoms with E-state index >= 15 is 0 Å². The van der Waals surface area contributed by atoms with Gasteiger partial charge >= 0.3 is 0 Å². The Morgan fingerprint density at radius 3 is 2.94 bits per heavy atom. The van der Waals surface area contributed by atoms with Crippen molar-refractivity contribution in [2.45, 2.75) is 18.8 Å². The van der Waals surface area contributed by atoms with E-state index < -0.39 is 0 Å². The van der Waals surface area contributed by atoms with Crippen molar-refractivity contribution in [1.29, 1.82) is 0 Å². The lowest BCUT2D eigenvalue weighted by molar-refractivity contribution is 0.416. The summed E-state index contributed by atoms with van der Waals surface area (Å²) < 4.78 is 7.34. The first kappa shape index (κ1) is 10.5. The van der Waals surface area contributed by atoms with E-state index in [9.17, 15) is 0 Å². The van der Waals surface area contributed by atoms with Gasteiger partial charge in [-0.1, -0.05) is 0 Å². The molecule has 3 rings (SSSR count). The fraction of sp³-hybridized carbons (Fsp3) is 0.500. The van der Waals surface area contributed by atoms with E-state index in [1.165, 1.54) is 0 Å². The molecule has 1 aliphatic rings. The minimum absolute atomic E-state index is 0.498. The lowest BCUT2D eigenvalue weighted by atomic mass is 9.97. The smallest absolute Gasteiger partial charge is 0.203 e. The summed E-state index contributed by atoms with van der Waals surface area (Å²) >= 11 is 0. The van der Waals surface area contributed by atoms with Crippen LogP contribution in [0, 0.1) is 0 Å². The standard InChI is InChI=1S/C12H16N4O/c1-17-10-3-2-8-16-11(14-15-12(10)16)9-4-6-13-7-5-9/h2-3,8-9,13H,4-7H2,1H3. The van der Waals surface area contributed by atoms with Gasteiger partial charge < -0.3 is 10.1 Å². The van der Waals surface area contributed by atoms with Gasteiger partial charge in [0, 0.05) is 12.1 Å². The van der Waals surface area contributed by atoms with Crippen molar-refractivity contribution in [2.75, 3.05) is 20.2 Å². The second-order valence-electron chi connectivity index (χ2n) is 4.35. The number of piperidine rings is 1. The highest BCUT2D eigenvalue weighted by atomic mass is 16.5. The Morgan fingerprint density at radius 1 is 1.35 bits per heavy atom. The van der Waals surface area contributed by atoms with Crippen LogP contribution in [0.25, 0.3) is 5.65 Å². The average molecular weight is 232 g/mol. The molecular formula is C12H16N4O. The van der Waals surface area contributed by atoms with Crippen molar-refractivity contribution in [1.82, 2.24) is 19.9 Å². The molecule has 2 aromatic heterocycles. The molecule has 1 fully saturated rings. The van der Waals surface area contributed by atoms with Crippen LogP contribution in [0.3, 0.4) is 0 Å². The first-order valence-corrected chi connectivity index (χ1v) is 5.98. The van der Waals surface area contributed by atoms with Crippen LogP contribution in [0.4, 0.5) is 0 Å². The largest absolute Gasteiger partial charge is 0.493 e. The lowest BCUT2D eigenvalue weighted by Gasteiger charge is -2.20. The number of hydrogen-bond donors (Lipinski definition) is 1. The molecular weight excluding hydrogens is 216 g/mol. The Kier molecular flexibility index (Phi) is 2.68. The third-order valence-corrected chi connectivity index (χ3v) is 3.35. The fourth-order valence-electron chi connectivity index (χ4n) is 2.43. The predicted octanol–water partition coefficient (Wildman–Crippen LogP) is 1.20. The third-order valence-electron chi connectivity index (χ3n) is 3.35. The molecule has 1 aliphatic heterocycles. The van der Waals surface area contributed by atoms with Crippen LogP contribution in [0.15, 0.2) is 18.3 Å². The molecule has 2 aromatic rings. The molecule has 0 atom stereocenters. The number of aromatic nitrogens is 3. The highest BCUT2D eigenvalue weighted by Crippen LogP contribution is 2.26. The number of methoxy groups -OCH3 is 1. The number of nitrogens with zero attached hydrogens (tertiary/aromatic N) is 3. The van der Waals surface area contributed by atoms with Crippen molar-refractivity contribution >= 4 is 5.65 Å². The Labute approximate surface area is 99.8 Å². The molecule has 0 unspecified atom stereocenters. The van der Waals surface area contributed by atoms with Gasteiger partial charge in [-0.05, 0) is 38.1 Å². The summed E-state index contributed by atoms with van der Waals surface area (Å²) in [6.45, 7) is 2.12. The van der Waals surface area contributed by atoms with Crippen LogP contribution in [0.5, 0.6) is 5.75 Å². The third kappa shape index (κ3) is 1.76. The van der Waals surface area contributed by atoms with Gasteiger partial charge in [0.1, 0.15) is 5.82 Å². The molecule has 3 heterocycles. The molecule has 0 spiro atoms. The molecule has 1 saturated heterocycles. The first-order valence-electron chi connectivity index (χ1n) is 5.98. The second-order valence-corrected chi connectivity index (χ2v) is 4.35. The van der Waals surface area contributed by atoms with Crippen LogP contribution in [-0.4, -0.2) is 34.8 Å². The molecule has 5 heteroatoms. The molecule has 0 aromatic carbocycles. The van der Waals surface area contributed by atoms with Crippen molar-refractivity contribution < 1.29 is 4.74 Å². The number of fused-ring (bicyclic) bond motifs is 1. The minimum atomic E-state index is 0.498. The van der Waals surface area contributed by atoms with E-state index in [0.717, 1.165) is 43.2 Å². The summed E-state index contributed by atoms with van der Waals surface area (Å²) in [7, 11) is 1.66. The van der Waals surface area contributed by atoms with Gasteiger partial charge in [-0.3, -0.25) is 4.40 Å². The summed E-state index contributed by atoms with van der Waals surface area (Å²) in [5, 5.41) is 11.9. The summed E-state index contributed by atoms with van der Waals surface area (Å²) in [4.78, 5) is 0. The Morgan fingerprint density at radius 2 is 2.18 bits per heavy atom. The number of hydrogen-bond acceptors (Lipinski definition) is 4. The second kappa shape index (κ2) is 4.33. The van der Waals surface area contributed by atoms with E-state index in [1.54, 1.807) is 7.11 Å². The monoisotopic (exact) mass is 232 g/mol. The summed E-state index contributed by atoms with van der Waals surface area (Å²) in [5.41, 5.74) is 0.809. The zero-order valence-corrected chi connectivity index (χ0v) is 9.89. The highest BCUT2D eigenvalue weighted by Gasteiger charge is 2.21. The quantitative estimate of drug-likeness (QED) is 0.845. The summed E-state index contributed by atoms with van der Waals surface area (Å²) in [6, 6.07) is 3.88. The number of nitrogens with one attached hydrogen (secondary N) is 1. The maximum atomic E-state index is 5.29. The van der Waals surface area contributed by atoms with Gasteiger partial charge in [0.2, 0.25) is 5.65 Å². The van der Waals surface area contributed by atoms with Crippen LogP contribution in [0.2, 0.25) is 0 Å². The van der Waals surface area contributed by atoms with E-state index in [-0.39, 0.29) is 0 Å². The Hall–Kier alpha value is -1.62. The predicted molar refractivity (Wildman–Crippen MR) is 64.4 cm³/mol. The molecule has 17 heavy (non-hydrogen) atoms.